The Hall–Kier alpha value is -3.36. The van der Waals surface area contributed by atoms with Gasteiger partial charge in [0, 0.05) is 31.1 Å². The summed E-state index contributed by atoms with van der Waals surface area (Å²) in [6, 6.07) is 4.19. The normalized spacial score (nSPS) is 14.3. The fourth-order valence-corrected chi connectivity index (χ4v) is 4.49. The van der Waals surface area contributed by atoms with Gasteiger partial charge in [-0.2, -0.15) is 4.98 Å². The number of alkyl halides is 1. The third kappa shape index (κ3) is 10.5. The number of ether oxygens (including phenoxy) is 1. The number of benzene rings is 1. The minimum atomic E-state index is -0.947. The van der Waals surface area contributed by atoms with Crippen LogP contribution in [-0.4, -0.2) is 59.5 Å². The SMILES string of the molecule is C=C(C=CC(CC)Cc1noc(-c2cc(COC)c(C(=CC=CC(C)(C)C(C)F)CC)cc2C)n1)CN(C)CC(=O)O. The highest BCUT2D eigenvalue weighted by molar-refractivity contribution is 5.74. The summed E-state index contributed by atoms with van der Waals surface area (Å²) < 4.78 is 25.2. The Morgan fingerprint density at radius 2 is 2.00 bits per heavy atom. The number of nitrogens with zero attached hydrogens (tertiary/aromatic N) is 3. The van der Waals surface area contributed by atoms with Gasteiger partial charge in [0.05, 0.1) is 13.2 Å². The van der Waals surface area contributed by atoms with Crippen LogP contribution in [0, 0.1) is 18.3 Å². The highest BCUT2D eigenvalue weighted by Gasteiger charge is 2.22. The monoisotopic (exact) mass is 581 g/mol. The van der Waals surface area contributed by atoms with Crippen LogP contribution < -0.4 is 0 Å². The van der Waals surface area contributed by atoms with Gasteiger partial charge in [0.25, 0.3) is 5.89 Å². The van der Waals surface area contributed by atoms with Crippen molar-refractivity contribution < 1.29 is 23.6 Å². The zero-order valence-electron chi connectivity index (χ0n) is 26.5. The molecule has 0 bridgehead atoms. The van der Waals surface area contributed by atoms with Gasteiger partial charge in [0.2, 0.25) is 0 Å². The molecule has 7 nitrogen and oxygen atoms in total. The summed E-state index contributed by atoms with van der Waals surface area (Å²) in [6.45, 7) is 16.5. The van der Waals surface area contributed by atoms with Crippen molar-refractivity contribution in [2.75, 3.05) is 27.2 Å². The van der Waals surface area contributed by atoms with Crippen LogP contribution in [0.25, 0.3) is 17.0 Å². The Balaban J connectivity index is 2.27. The topological polar surface area (TPSA) is 88.7 Å². The first kappa shape index (κ1) is 34.8. The van der Waals surface area contributed by atoms with Crippen molar-refractivity contribution >= 4 is 11.5 Å². The van der Waals surface area contributed by atoms with E-state index in [1.54, 1.807) is 26.0 Å². The van der Waals surface area contributed by atoms with Gasteiger partial charge < -0.3 is 14.4 Å². The molecule has 8 heteroatoms. The highest BCUT2D eigenvalue weighted by Crippen LogP contribution is 2.32. The Bertz CT molecular complexity index is 1290. The lowest BCUT2D eigenvalue weighted by Gasteiger charge is -2.21. The number of aryl methyl sites for hydroxylation is 1. The molecule has 2 unspecified atom stereocenters. The third-order valence-corrected chi connectivity index (χ3v) is 7.48. The Kier molecular flexibility index (Phi) is 13.5. The van der Waals surface area contributed by atoms with Gasteiger partial charge in [0.15, 0.2) is 5.82 Å². The summed E-state index contributed by atoms with van der Waals surface area (Å²) in [6.07, 6.45) is 11.3. The molecule has 0 aliphatic carbocycles. The molecule has 1 aromatic heterocycles. The number of likely N-dealkylation sites (N-methyl/N-ethyl adjacent to an activating group) is 1. The number of carbonyl (C=O) groups is 1. The molecule has 0 fully saturated rings. The molecule has 1 aromatic carbocycles. The maximum atomic E-state index is 13.9. The number of carboxylic acid groups (broad SMARTS) is 1. The lowest BCUT2D eigenvalue weighted by atomic mass is 9.87. The van der Waals surface area contributed by atoms with Crippen molar-refractivity contribution in [3.05, 3.63) is 77.2 Å². The summed E-state index contributed by atoms with van der Waals surface area (Å²) in [5, 5.41) is 13.2. The molecule has 0 radical (unpaired) electrons. The standard InChI is InChI=1S/C34H48FN3O4/c1-10-26(15-14-23(3)20-38(8)21-32(39)40)18-31-36-33(42-37-31)29-19-28(22-41-9)30(17-24(29)4)27(11-2)13-12-16-34(6,7)25(5)35/h12-17,19,25-26H,3,10-11,18,20-22H2,1-2,4-9H3,(H,39,40). The van der Waals surface area contributed by atoms with E-state index in [4.69, 9.17) is 19.4 Å². The summed E-state index contributed by atoms with van der Waals surface area (Å²) in [7, 11) is 3.43. The smallest absolute Gasteiger partial charge is 0.317 e. The summed E-state index contributed by atoms with van der Waals surface area (Å²) in [5.41, 5.74) is 5.40. The average Bonchev–Trinajstić information content (AvgIpc) is 3.37. The van der Waals surface area contributed by atoms with Crippen LogP contribution in [-0.2, 0) is 22.6 Å². The third-order valence-electron chi connectivity index (χ3n) is 7.48. The zero-order chi connectivity index (χ0) is 31.4. The molecule has 230 valence electrons. The van der Waals surface area contributed by atoms with Crippen LogP contribution in [0.1, 0.15) is 70.0 Å². The zero-order valence-corrected chi connectivity index (χ0v) is 26.5. The second-order valence-corrected chi connectivity index (χ2v) is 11.6. The van der Waals surface area contributed by atoms with E-state index in [0.717, 1.165) is 46.2 Å². The fourth-order valence-electron chi connectivity index (χ4n) is 4.49. The van der Waals surface area contributed by atoms with Crippen LogP contribution >= 0.6 is 0 Å². The minimum Gasteiger partial charge on any atom is -0.480 e. The van der Waals surface area contributed by atoms with E-state index < -0.39 is 17.6 Å². The molecular weight excluding hydrogens is 533 g/mol. The molecule has 0 saturated heterocycles. The van der Waals surface area contributed by atoms with E-state index in [2.05, 4.69) is 49.9 Å². The first-order valence-electron chi connectivity index (χ1n) is 14.6. The lowest BCUT2D eigenvalue weighted by Crippen LogP contribution is -2.27. The van der Waals surface area contributed by atoms with Crippen molar-refractivity contribution in [3.63, 3.8) is 0 Å². The first-order chi connectivity index (χ1) is 19.8. The van der Waals surface area contributed by atoms with Crippen LogP contribution in [0.5, 0.6) is 0 Å². The Labute approximate surface area is 250 Å². The average molecular weight is 582 g/mol. The number of hydrogen-bond donors (Lipinski definition) is 1. The molecule has 0 saturated carbocycles. The van der Waals surface area contributed by atoms with Crippen LogP contribution in [0.4, 0.5) is 4.39 Å². The summed E-state index contributed by atoms with van der Waals surface area (Å²) in [4.78, 5) is 17.3. The van der Waals surface area contributed by atoms with E-state index in [-0.39, 0.29) is 12.5 Å². The van der Waals surface area contributed by atoms with E-state index in [1.165, 1.54) is 0 Å². The molecule has 1 heterocycles. The first-order valence-corrected chi connectivity index (χ1v) is 14.6. The quantitative estimate of drug-likeness (QED) is 0.192. The van der Waals surface area contributed by atoms with Crippen molar-refractivity contribution in [2.45, 2.75) is 73.6 Å². The summed E-state index contributed by atoms with van der Waals surface area (Å²) in [5.74, 6) is 0.401. The summed E-state index contributed by atoms with van der Waals surface area (Å²) >= 11 is 0. The van der Waals surface area contributed by atoms with Gasteiger partial charge in [-0.05, 0) is 73.6 Å². The second-order valence-electron chi connectivity index (χ2n) is 11.6. The van der Waals surface area contributed by atoms with Gasteiger partial charge in [-0.1, -0.05) is 75.9 Å². The fraction of sp³-hybridized carbons (Fsp3) is 0.500. The van der Waals surface area contributed by atoms with Gasteiger partial charge in [-0.15, -0.1) is 0 Å². The van der Waals surface area contributed by atoms with Gasteiger partial charge in [0.1, 0.15) is 6.17 Å². The lowest BCUT2D eigenvalue weighted by molar-refractivity contribution is -0.137. The Morgan fingerprint density at radius 3 is 2.60 bits per heavy atom. The van der Waals surface area contributed by atoms with Gasteiger partial charge in [-0.25, -0.2) is 4.39 Å². The molecule has 0 spiro atoms. The number of hydrogen-bond acceptors (Lipinski definition) is 6. The molecule has 2 rings (SSSR count). The van der Waals surface area contributed by atoms with E-state index in [9.17, 15) is 9.18 Å². The maximum Gasteiger partial charge on any atom is 0.317 e. The van der Waals surface area contributed by atoms with Crippen LogP contribution in [0.2, 0.25) is 0 Å². The number of rotatable bonds is 17. The predicted octanol–water partition coefficient (Wildman–Crippen LogP) is 7.62. The number of methoxy groups -OCH3 is 1. The van der Waals surface area contributed by atoms with E-state index in [1.807, 2.05) is 39.0 Å². The van der Waals surface area contributed by atoms with Gasteiger partial charge >= 0.3 is 5.97 Å². The van der Waals surface area contributed by atoms with Crippen molar-refractivity contribution in [1.82, 2.24) is 15.0 Å². The Morgan fingerprint density at radius 1 is 1.29 bits per heavy atom. The molecule has 1 N–H and O–H groups in total. The van der Waals surface area contributed by atoms with Gasteiger partial charge in [-0.3, -0.25) is 9.69 Å². The molecule has 0 aliphatic heterocycles. The van der Waals surface area contributed by atoms with E-state index >= 15 is 0 Å². The number of aromatic nitrogens is 2. The molecule has 0 amide bonds. The van der Waals surface area contributed by atoms with Crippen LogP contribution in [0.15, 0.2) is 59.2 Å². The van der Waals surface area contributed by atoms with E-state index in [0.29, 0.717) is 31.3 Å². The number of allylic oxidation sites excluding steroid dienone is 5. The number of aliphatic carboxylic acids is 1. The number of carboxylic acids is 1. The molecule has 2 aromatic rings. The second kappa shape index (κ2) is 16.3. The number of halogens is 1. The molecule has 0 aliphatic rings. The molecule has 2 atom stereocenters. The van der Waals surface area contributed by atoms with Crippen molar-refractivity contribution in [2.24, 2.45) is 11.3 Å². The predicted molar refractivity (Wildman–Crippen MR) is 168 cm³/mol. The molecule has 42 heavy (non-hydrogen) atoms. The minimum absolute atomic E-state index is 0.0343. The van der Waals surface area contributed by atoms with Crippen molar-refractivity contribution in [3.8, 4) is 11.5 Å². The maximum absolute atomic E-state index is 13.9. The highest BCUT2D eigenvalue weighted by atomic mass is 19.1. The van der Waals surface area contributed by atoms with Crippen molar-refractivity contribution in [1.29, 1.82) is 0 Å². The largest absolute Gasteiger partial charge is 0.480 e. The van der Waals surface area contributed by atoms with Crippen LogP contribution in [0.3, 0.4) is 0 Å². The molecular formula is C34H48FN3O4.